The van der Waals surface area contributed by atoms with Crippen LogP contribution in [0.3, 0.4) is 0 Å². The topological polar surface area (TPSA) is 15.3 Å². The van der Waals surface area contributed by atoms with E-state index in [1.165, 1.54) is 0 Å². The molecule has 1 N–H and O–H groups in total. The summed E-state index contributed by atoms with van der Waals surface area (Å²) < 4.78 is 60.5. The second-order valence-corrected chi connectivity index (χ2v) is 9.11. The summed E-state index contributed by atoms with van der Waals surface area (Å²) in [6, 6.07) is 7.34. The van der Waals surface area contributed by atoms with Gasteiger partial charge >= 0.3 is 0 Å². The Morgan fingerprint density at radius 2 is 1.77 bits per heavy atom. The summed E-state index contributed by atoms with van der Waals surface area (Å²) in [6.07, 6.45) is 8.02. The van der Waals surface area contributed by atoms with Gasteiger partial charge in [-0.3, -0.25) is 4.72 Å². The molecule has 2 unspecified atom stereocenters. The molecule has 2 aromatic carbocycles. The van der Waals surface area contributed by atoms with Crippen LogP contribution in [-0.2, 0) is 6.42 Å². The zero-order chi connectivity index (χ0) is 21.5. The maximum atomic E-state index is 15.4. The number of hydrogen-bond acceptors (Lipinski definition) is 3. The number of nitrogens with zero attached hydrogens (tertiary/aromatic N) is 1. The normalized spacial score (nSPS) is 21.8. The summed E-state index contributed by atoms with van der Waals surface area (Å²) in [5, 5.41) is 0. The van der Waals surface area contributed by atoms with Gasteiger partial charge in [0.05, 0.1) is 6.04 Å². The van der Waals surface area contributed by atoms with Crippen LogP contribution in [0.2, 0.25) is 0 Å². The molecule has 1 aliphatic carbocycles. The van der Waals surface area contributed by atoms with Gasteiger partial charge in [-0.1, -0.05) is 25.3 Å². The van der Waals surface area contributed by atoms with E-state index in [1.54, 1.807) is 11.9 Å². The number of nitrogens with one attached hydrogen (secondary N) is 1. The maximum absolute atomic E-state index is 15.4. The molecule has 2 aliphatic rings. The van der Waals surface area contributed by atoms with Crippen molar-refractivity contribution in [2.75, 3.05) is 12.3 Å². The first-order valence-corrected chi connectivity index (χ1v) is 10.9. The number of halogens is 4. The highest BCUT2D eigenvalue weighted by Gasteiger charge is 2.59. The molecule has 0 aromatic heterocycles. The summed E-state index contributed by atoms with van der Waals surface area (Å²) in [6.45, 7) is 2.76. The number of benzene rings is 2. The SMILES string of the molecule is C#CN1CC2(CC2)C(NSCC)C1Cc1cc(F)cc(-c2cc(F)cc(F)c2)c1F. The van der Waals surface area contributed by atoms with Crippen LogP contribution in [-0.4, -0.2) is 29.3 Å². The van der Waals surface area contributed by atoms with Gasteiger partial charge in [-0.15, -0.1) is 0 Å². The second kappa shape index (κ2) is 8.16. The van der Waals surface area contributed by atoms with Gasteiger partial charge in [-0.25, -0.2) is 17.6 Å². The average molecular weight is 435 g/mol. The summed E-state index contributed by atoms with van der Waals surface area (Å²) in [5.74, 6) is -2.16. The largest absolute Gasteiger partial charge is 0.327 e. The van der Waals surface area contributed by atoms with Gasteiger partial charge in [0.2, 0.25) is 0 Å². The fraction of sp³-hybridized carbons (Fsp3) is 0.391. The molecule has 2 aromatic rings. The van der Waals surface area contributed by atoms with Gasteiger partial charge in [-0.05, 0) is 54.7 Å². The van der Waals surface area contributed by atoms with E-state index in [-0.39, 0.29) is 40.6 Å². The summed E-state index contributed by atoms with van der Waals surface area (Å²) in [7, 11) is 0. The molecule has 30 heavy (non-hydrogen) atoms. The highest BCUT2D eigenvalue weighted by Crippen LogP contribution is 2.55. The predicted octanol–water partition coefficient (Wildman–Crippen LogP) is 5.13. The molecule has 158 valence electrons. The molecule has 1 saturated carbocycles. The lowest BCUT2D eigenvalue weighted by Crippen LogP contribution is -2.42. The monoisotopic (exact) mass is 434 g/mol. The van der Waals surface area contributed by atoms with Crippen molar-refractivity contribution in [2.45, 2.75) is 38.3 Å². The molecule has 1 aliphatic heterocycles. The van der Waals surface area contributed by atoms with Crippen molar-refractivity contribution < 1.29 is 17.6 Å². The first-order chi connectivity index (χ1) is 14.4. The Balaban J connectivity index is 1.70. The summed E-state index contributed by atoms with van der Waals surface area (Å²) in [4.78, 5) is 1.87. The fourth-order valence-electron chi connectivity index (χ4n) is 4.46. The van der Waals surface area contributed by atoms with E-state index in [0.717, 1.165) is 49.4 Å². The van der Waals surface area contributed by atoms with E-state index in [2.05, 4.69) is 10.8 Å². The third kappa shape index (κ3) is 3.91. The molecular formula is C23H22F4N2S. The van der Waals surface area contributed by atoms with Crippen LogP contribution in [0.5, 0.6) is 0 Å². The minimum absolute atomic E-state index is 0.0409. The number of hydrogen-bond donors (Lipinski definition) is 1. The standard InChI is InChI=1S/C23H22F4N2S/c1-3-29-13-23(5-6-23)22(28-30-4-2)20(29)10-15-9-18(26)12-19(21(15)27)14-7-16(24)11-17(25)8-14/h1,7-9,11-12,20,22,28H,4-6,10,13H2,2H3. The predicted molar refractivity (Wildman–Crippen MR) is 111 cm³/mol. The van der Waals surface area contributed by atoms with Crippen molar-refractivity contribution in [3.05, 3.63) is 59.2 Å². The van der Waals surface area contributed by atoms with Gasteiger partial charge in [-0.2, -0.15) is 0 Å². The van der Waals surface area contributed by atoms with E-state index in [4.69, 9.17) is 6.42 Å². The maximum Gasteiger partial charge on any atom is 0.134 e. The minimum Gasteiger partial charge on any atom is -0.327 e. The Morgan fingerprint density at radius 3 is 2.37 bits per heavy atom. The lowest BCUT2D eigenvalue weighted by atomic mass is 9.91. The Hall–Kier alpha value is -2.17. The van der Waals surface area contributed by atoms with Gasteiger partial charge in [0.1, 0.15) is 23.3 Å². The quantitative estimate of drug-likeness (QED) is 0.385. The van der Waals surface area contributed by atoms with Crippen molar-refractivity contribution in [2.24, 2.45) is 5.41 Å². The van der Waals surface area contributed by atoms with Crippen LogP contribution in [0.4, 0.5) is 17.6 Å². The van der Waals surface area contributed by atoms with Crippen LogP contribution in [0, 0.1) is 41.2 Å². The molecule has 7 heteroatoms. The zero-order valence-corrected chi connectivity index (χ0v) is 17.3. The highest BCUT2D eigenvalue weighted by atomic mass is 32.2. The van der Waals surface area contributed by atoms with Gasteiger partial charge in [0, 0.05) is 41.4 Å². The Morgan fingerprint density at radius 1 is 1.10 bits per heavy atom. The molecule has 0 amide bonds. The van der Waals surface area contributed by atoms with Crippen molar-refractivity contribution in [3.63, 3.8) is 0 Å². The van der Waals surface area contributed by atoms with Crippen molar-refractivity contribution in [1.82, 2.24) is 9.62 Å². The van der Waals surface area contributed by atoms with Crippen LogP contribution in [0.25, 0.3) is 11.1 Å². The number of likely N-dealkylation sites (tertiary alicyclic amines) is 1. The van der Waals surface area contributed by atoms with Gasteiger partial charge < -0.3 is 4.90 Å². The molecule has 1 saturated heterocycles. The average Bonchev–Trinajstić information content (AvgIpc) is 3.40. The van der Waals surface area contributed by atoms with E-state index in [0.29, 0.717) is 6.07 Å². The Bertz CT molecular complexity index is 979. The van der Waals surface area contributed by atoms with Gasteiger partial charge in [0.15, 0.2) is 0 Å². The molecule has 2 fully saturated rings. The second-order valence-electron chi connectivity index (χ2n) is 8.00. The first-order valence-electron chi connectivity index (χ1n) is 9.91. The zero-order valence-electron chi connectivity index (χ0n) is 16.5. The first kappa shape index (κ1) is 21.1. The third-order valence-corrected chi connectivity index (χ3v) is 6.77. The Labute approximate surface area is 178 Å². The molecule has 2 atom stereocenters. The van der Waals surface area contributed by atoms with Crippen molar-refractivity contribution in [1.29, 1.82) is 0 Å². The highest BCUT2D eigenvalue weighted by molar-refractivity contribution is 7.97. The van der Waals surface area contributed by atoms with E-state index < -0.39 is 23.3 Å². The smallest absolute Gasteiger partial charge is 0.134 e. The fourth-order valence-corrected chi connectivity index (χ4v) is 5.21. The van der Waals surface area contributed by atoms with Crippen LogP contribution < -0.4 is 4.72 Å². The van der Waals surface area contributed by atoms with E-state index >= 15 is 4.39 Å². The van der Waals surface area contributed by atoms with Crippen LogP contribution in [0.1, 0.15) is 25.3 Å². The molecule has 1 spiro atoms. The summed E-state index contributed by atoms with van der Waals surface area (Å²) in [5.41, 5.74) is 0.00588. The molecule has 2 nitrogen and oxygen atoms in total. The van der Waals surface area contributed by atoms with E-state index in [9.17, 15) is 13.2 Å². The lowest BCUT2D eigenvalue weighted by molar-refractivity contribution is 0.340. The Kier molecular flexibility index (Phi) is 5.73. The third-order valence-electron chi connectivity index (χ3n) is 6.06. The molecule has 4 rings (SSSR count). The van der Waals surface area contributed by atoms with Crippen LogP contribution in [0.15, 0.2) is 30.3 Å². The lowest BCUT2D eigenvalue weighted by Gasteiger charge is -2.27. The molecule has 0 bridgehead atoms. The van der Waals surface area contributed by atoms with Crippen LogP contribution >= 0.6 is 11.9 Å². The minimum atomic E-state index is -0.846. The van der Waals surface area contributed by atoms with Crippen molar-refractivity contribution >= 4 is 11.9 Å². The molecular weight excluding hydrogens is 412 g/mol. The van der Waals surface area contributed by atoms with Gasteiger partial charge in [0.25, 0.3) is 0 Å². The number of rotatable bonds is 6. The molecule has 1 heterocycles. The molecule has 0 radical (unpaired) electrons. The van der Waals surface area contributed by atoms with Crippen molar-refractivity contribution in [3.8, 4) is 23.6 Å². The van der Waals surface area contributed by atoms with E-state index in [1.807, 2.05) is 11.8 Å². The number of terminal acetylenes is 1. The summed E-state index contributed by atoms with van der Waals surface area (Å²) >= 11 is 1.59.